The molecule has 0 saturated carbocycles. The molecule has 0 saturated heterocycles. The van der Waals surface area contributed by atoms with Crippen molar-refractivity contribution in [1.82, 2.24) is 0 Å². The van der Waals surface area contributed by atoms with Crippen molar-refractivity contribution in [3.63, 3.8) is 0 Å². The molecule has 5 nitrogen and oxygen atoms in total. The molecule has 0 aliphatic rings. The van der Waals surface area contributed by atoms with Crippen molar-refractivity contribution in [3.8, 4) is 5.75 Å². The highest BCUT2D eigenvalue weighted by molar-refractivity contribution is 6.08. The van der Waals surface area contributed by atoms with Gasteiger partial charge in [-0.3, -0.25) is 4.79 Å². The van der Waals surface area contributed by atoms with Crippen LogP contribution in [0.1, 0.15) is 27.2 Å². The summed E-state index contributed by atoms with van der Waals surface area (Å²) >= 11 is 0. The molecule has 0 bridgehead atoms. The Balaban J connectivity index is 2.33. The van der Waals surface area contributed by atoms with E-state index < -0.39 is 11.4 Å². The molecule has 2 rings (SSSR count). The number of hydrogen-bond donors (Lipinski definition) is 1. The average molecular weight is 314 g/mol. The van der Waals surface area contributed by atoms with Crippen molar-refractivity contribution in [2.75, 3.05) is 13.2 Å². The number of carbonyl (C=O) groups excluding carboxylic acids is 1. The van der Waals surface area contributed by atoms with E-state index in [9.17, 15) is 9.59 Å². The monoisotopic (exact) mass is 314 g/mol. The fraction of sp³-hybridized carbons (Fsp3) is 0.222. The first kappa shape index (κ1) is 16.7. The quantitative estimate of drug-likeness (QED) is 0.655. The first-order valence-electron chi connectivity index (χ1n) is 7.18. The summed E-state index contributed by atoms with van der Waals surface area (Å²) in [6.45, 7) is 3.31. The van der Waals surface area contributed by atoms with E-state index in [0.717, 1.165) is 11.1 Å². The molecule has 0 unspecified atom stereocenters. The van der Waals surface area contributed by atoms with Crippen molar-refractivity contribution < 1.29 is 19.1 Å². The van der Waals surface area contributed by atoms with E-state index in [1.807, 2.05) is 31.2 Å². The van der Waals surface area contributed by atoms with Crippen molar-refractivity contribution in [3.05, 3.63) is 69.3 Å². The van der Waals surface area contributed by atoms with Gasteiger partial charge >= 0.3 is 5.63 Å². The molecule has 1 N–H and O–H groups in total. The number of aliphatic hydroxyl groups is 1. The fourth-order valence-corrected chi connectivity index (χ4v) is 2.10. The lowest BCUT2D eigenvalue weighted by molar-refractivity contribution is 0.103. The number of hydrogen-bond acceptors (Lipinski definition) is 5. The topological polar surface area (TPSA) is 76.7 Å². The van der Waals surface area contributed by atoms with E-state index in [0.29, 0.717) is 5.76 Å². The second-order valence-corrected chi connectivity index (χ2v) is 5.07. The van der Waals surface area contributed by atoms with Crippen molar-refractivity contribution in [1.29, 1.82) is 0 Å². The fourth-order valence-electron chi connectivity index (χ4n) is 2.10. The Morgan fingerprint density at radius 1 is 1.30 bits per heavy atom. The van der Waals surface area contributed by atoms with E-state index in [4.69, 9.17) is 14.3 Å². The Bertz CT molecular complexity index is 786. The van der Waals surface area contributed by atoms with Gasteiger partial charge in [-0.15, -0.1) is 0 Å². The minimum Gasteiger partial charge on any atom is -0.490 e. The van der Waals surface area contributed by atoms with E-state index in [2.05, 4.69) is 0 Å². The van der Waals surface area contributed by atoms with Gasteiger partial charge in [-0.1, -0.05) is 35.9 Å². The van der Waals surface area contributed by atoms with Gasteiger partial charge in [0.1, 0.15) is 23.7 Å². The predicted molar refractivity (Wildman–Crippen MR) is 86.8 cm³/mol. The first-order valence-corrected chi connectivity index (χ1v) is 7.18. The smallest absolute Gasteiger partial charge is 0.351 e. The summed E-state index contributed by atoms with van der Waals surface area (Å²) in [4.78, 5) is 24.3. The van der Waals surface area contributed by atoms with E-state index in [1.54, 1.807) is 13.0 Å². The molecule has 0 spiro atoms. The zero-order chi connectivity index (χ0) is 16.8. The van der Waals surface area contributed by atoms with Crippen LogP contribution >= 0.6 is 0 Å². The molecule has 2 aromatic rings. The van der Waals surface area contributed by atoms with Crippen LogP contribution in [0.15, 0.2) is 45.6 Å². The largest absolute Gasteiger partial charge is 0.490 e. The maximum absolute atomic E-state index is 12.3. The Hall–Kier alpha value is -2.66. The highest BCUT2D eigenvalue weighted by Gasteiger charge is 2.17. The van der Waals surface area contributed by atoms with Gasteiger partial charge in [0.2, 0.25) is 0 Å². The third kappa shape index (κ3) is 4.40. The number of carbonyl (C=O) groups is 1. The van der Waals surface area contributed by atoms with E-state index in [1.165, 1.54) is 12.1 Å². The lowest BCUT2D eigenvalue weighted by Gasteiger charge is -2.08. The molecule has 5 heteroatoms. The van der Waals surface area contributed by atoms with Crippen LogP contribution in [0.4, 0.5) is 0 Å². The van der Waals surface area contributed by atoms with Crippen LogP contribution in [-0.2, 0) is 0 Å². The van der Waals surface area contributed by atoms with Gasteiger partial charge < -0.3 is 14.3 Å². The van der Waals surface area contributed by atoms with Gasteiger partial charge in [0.15, 0.2) is 5.78 Å². The SMILES string of the molecule is Cc1cccc(/C=C/C(=O)c2c(OCCO)cc(C)oc2=O)c1. The van der Waals surface area contributed by atoms with Crippen LogP contribution in [-0.4, -0.2) is 24.1 Å². The second kappa shape index (κ2) is 7.56. The summed E-state index contributed by atoms with van der Waals surface area (Å²) in [5.41, 5.74) is 0.999. The molecule has 1 aromatic carbocycles. The molecule has 120 valence electrons. The minimum absolute atomic E-state index is 0.00916. The van der Waals surface area contributed by atoms with Gasteiger partial charge in [-0.25, -0.2) is 4.79 Å². The number of ether oxygens (including phenoxy) is 1. The van der Waals surface area contributed by atoms with Crippen molar-refractivity contribution in [2.45, 2.75) is 13.8 Å². The zero-order valence-electron chi connectivity index (χ0n) is 13.0. The molecule has 0 amide bonds. The van der Waals surface area contributed by atoms with Gasteiger partial charge in [-0.2, -0.15) is 0 Å². The van der Waals surface area contributed by atoms with Crippen molar-refractivity contribution >= 4 is 11.9 Å². The zero-order valence-corrected chi connectivity index (χ0v) is 13.0. The number of allylic oxidation sites excluding steroid dienone is 1. The molecule has 0 atom stereocenters. The van der Waals surface area contributed by atoms with E-state index >= 15 is 0 Å². The summed E-state index contributed by atoms with van der Waals surface area (Å²) in [6, 6.07) is 9.08. The normalized spacial score (nSPS) is 10.9. The highest BCUT2D eigenvalue weighted by Crippen LogP contribution is 2.18. The Kier molecular flexibility index (Phi) is 5.49. The summed E-state index contributed by atoms with van der Waals surface area (Å²) < 4.78 is 10.2. The van der Waals surface area contributed by atoms with Crippen LogP contribution < -0.4 is 10.4 Å². The summed E-state index contributed by atoms with van der Waals surface area (Å²) in [7, 11) is 0. The molecule has 0 aliphatic heterocycles. The molecule has 0 radical (unpaired) electrons. The number of aryl methyl sites for hydroxylation is 2. The summed E-state index contributed by atoms with van der Waals surface area (Å²) in [6.07, 6.45) is 2.94. The van der Waals surface area contributed by atoms with Gasteiger partial charge in [0.25, 0.3) is 0 Å². The molecule has 0 aliphatic carbocycles. The van der Waals surface area contributed by atoms with Crippen LogP contribution in [0.3, 0.4) is 0 Å². The summed E-state index contributed by atoms with van der Waals surface area (Å²) in [5.74, 6) is -0.0537. The van der Waals surface area contributed by atoms with Crippen molar-refractivity contribution in [2.24, 2.45) is 0 Å². The average Bonchev–Trinajstić information content (AvgIpc) is 2.50. The van der Waals surface area contributed by atoms with Gasteiger partial charge in [0, 0.05) is 6.07 Å². The van der Waals surface area contributed by atoms with Gasteiger partial charge in [0.05, 0.1) is 6.61 Å². The van der Waals surface area contributed by atoms with E-state index in [-0.39, 0.29) is 24.5 Å². The maximum Gasteiger partial charge on any atom is 0.351 e. The molecule has 0 fully saturated rings. The van der Waals surface area contributed by atoms with Crippen LogP contribution in [0.2, 0.25) is 0 Å². The third-order valence-corrected chi connectivity index (χ3v) is 3.10. The minimum atomic E-state index is -0.753. The van der Waals surface area contributed by atoms with Gasteiger partial charge in [-0.05, 0) is 25.5 Å². The molecule has 1 heterocycles. The second-order valence-electron chi connectivity index (χ2n) is 5.07. The van der Waals surface area contributed by atoms with Crippen LogP contribution in [0.25, 0.3) is 6.08 Å². The lowest BCUT2D eigenvalue weighted by Crippen LogP contribution is -2.16. The van der Waals surface area contributed by atoms with Crippen LogP contribution in [0, 0.1) is 13.8 Å². The maximum atomic E-state index is 12.3. The number of ketones is 1. The first-order chi connectivity index (χ1) is 11.0. The standard InChI is InChI=1S/C18H18O5/c1-12-4-3-5-14(10-12)6-7-15(20)17-16(22-9-8-19)11-13(2)23-18(17)21/h3-7,10-11,19H,8-9H2,1-2H3/b7-6+. The lowest BCUT2D eigenvalue weighted by atomic mass is 10.1. The molecule has 23 heavy (non-hydrogen) atoms. The number of rotatable bonds is 6. The summed E-state index contributed by atoms with van der Waals surface area (Å²) in [5, 5.41) is 8.85. The molecular weight excluding hydrogens is 296 g/mol. The molecule has 1 aromatic heterocycles. The predicted octanol–water partition coefficient (Wildman–Crippen LogP) is 2.52. The number of benzene rings is 1. The third-order valence-electron chi connectivity index (χ3n) is 3.10. The molecular formula is C18H18O5. The highest BCUT2D eigenvalue weighted by atomic mass is 16.5. The Morgan fingerprint density at radius 2 is 2.09 bits per heavy atom. The Labute approximate surface area is 133 Å². The Morgan fingerprint density at radius 3 is 2.78 bits per heavy atom. The number of aliphatic hydroxyl groups excluding tert-OH is 1. The van der Waals surface area contributed by atoms with Crippen LogP contribution in [0.5, 0.6) is 5.75 Å².